The number of benzene rings is 3. The van der Waals surface area contributed by atoms with E-state index in [4.69, 9.17) is 0 Å². The molecular formula is C23H22N4O4. The van der Waals surface area contributed by atoms with Crippen molar-refractivity contribution in [2.24, 2.45) is 0 Å². The first-order valence-electron chi connectivity index (χ1n) is 10.1. The van der Waals surface area contributed by atoms with Gasteiger partial charge in [0.2, 0.25) is 0 Å². The van der Waals surface area contributed by atoms with E-state index in [1.165, 1.54) is 23.3 Å². The van der Waals surface area contributed by atoms with Crippen LogP contribution in [0.4, 0.5) is 17.1 Å². The van der Waals surface area contributed by atoms with Gasteiger partial charge in [0.15, 0.2) is 0 Å². The molecule has 158 valence electrons. The molecule has 0 aliphatic carbocycles. The van der Waals surface area contributed by atoms with Crippen LogP contribution in [0.15, 0.2) is 78.9 Å². The summed E-state index contributed by atoms with van der Waals surface area (Å²) >= 11 is 0. The van der Waals surface area contributed by atoms with Gasteiger partial charge >= 0.3 is 0 Å². The second kappa shape index (κ2) is 8.93. The summed E-state index contributed by atoms with van der Waals surface area (Å²) in [6.45, 7) is 2.61. The lowest BCUT2D eigenvalue weighted by atomic mass is 9.96. The average molecular weight is 418 g/mol. The van der Waals surface area contributed by atoms with E-state index in [0.717, 1.165) is 6.07 Å². The lowest BCUT2D eigenvalue weighted by Gasteiger charge is -2.40. The fourth-order valence-corrected chi connectivity index (χ4v) is 4.14. The highest BCUT2D eigenvalue weighted by Gasteiger charge is 2.30. The molecule has 4 rings (SSSR count). The first kappa shape index (κ1) is 20.5. The molecule has 0 unspecified atom stereocenters. The second-order valence-corrected chi connectivity index (χ2v) is 7.43. The van der Waals surface area contributed by atoms with Crippen LogP contribution in [-0.2, 0) is 0 Å². The van der Waals surface area contributed by atoms with Crippen LogP contribution in [0, 0.1) is 20.2 Å². The Kier molecular flexibility index (Phi) is 5.90. The summed E-state index contributed by atoms with van der Waals surface area (Å²) in [7, 11) is 0. The average Bonchev–Trinajstić information content (AvgIpc) is 2.81. The maximum absolute atomic E-state index is 11.5. The number of nitro benzene ring substituents is 2. The SMILES string of the molecule is O=[N+]([O-])c1ccc(N2CCN(C(c3ccccc3)c3ccccc3)CC2)c([N+](=O)[O-])c1. The van der Waals surface area contributed by atoms with Gasteiger partial charge in [-0.25, -0.2) is 0 Å². The number of non-ortho nitro benzene ring substituents is 1. The quantitative estimate of drug-likeness (QED) is 0.435. The molecule has 0 bridgehead atoms. The summed E-state index contributed by atoms with van der Waals surface area (Å²) in [5, 5.41) is 22.5. The van der Waals surface area contributed by atoms with Crippen LogP contribution in [0.3, 0.4) is 0 Å². The molecule has 8 nitrogen and oxygen atoms in total. The van der Waals surface area contributed by atoms with Gasteiger partial charge in [0, 0.05) is 32.2 Å². The molecule has 3 aromatic carbocycles. The van der Waals surface area contributed by atoms with Crippen molar-refractivity contribution in [1.82, 2.24) is 4.90 Å². The van der Waals surface area contributed by atoms with E-state index < -0.39 is 9.85 Å². The van der Waals surface area contributed by atoms with Crippen LogP contribution in [-0.4, -0.2) is 40.9 Å². The number of hydrogen-bond donors (Lipinski definition) is 0. The fourth-order valence-electron chi connectivity index (χ4n) is 4.14. The van der Waals surface area contributed by atoms with E-state index in [9.17, 15) is 20.2 Å². The van der Waals surface area contributed by atoms with Gasteiger partial charge in [-0.05, 0) is 17.2 Å². The predicted molar refractivity (Wildman–Crippen MR) is 118 cm³/mol. The molecule has 0 amide bonds. The highest BCUT2D eigenvalue weighted by Crippen LogP contribution is 2.34. The molecule has 0 atom stereocenters. The zero-order chi connectivity index (χ0) is 21.8. The molecule has 1 saturated heterocycles. The van der Waals surface area contributed by atoms with Gasteiger partial charge in [0.25, 0.3) is 11.4 Å². The van der Waals surface area contributed by atoms with E-state index in [2.05, 4.69) is 29.2 Å². The molecule has 1 heterocycles. The second-order valence-electron chi connectivity index (χ2n) is 7.43. The molecule has 0 saturated carbocycles. The molecule has 0 aromatic heterocycles. The molecule has 31 heavy (non-hydrogen) atoms. The van der Waals surface area contributed by atoms with Gasteiger partial charge in [-0.15, -0.1) is 0 Å². The molecule has 0 spiro atoms. The monoisotopic (exact) mass is 418 g/mol. The number of hydrogen-bond acceptors (Lipinski definition) is 6. The summed E-state index contributed by atoms with van der Waals surface area (Å²) in [5.41, 5.74) is 2.31. The number of rotatable bonds is 6. The fraction of sp³-hybridized carbons (Fsp3) is 0.217. The third kappa shape index (κ3) is 4.39. The van der Waals surface area contributed by atoms with Crippen molar-refractivity contribution in [3.05, 3.63) is 110 Å². The van der Waals surface area contributed by atoms with Crippen molar-refractivity contribution in [2.75, 3.05) is 31.1 Å². The van der Waals surface area contributed by atoms with Crippen molar-refractivity contribution in [3.8, 4) is 0 Å². The number of anilines is 1. The molecule has 8 heteroatoms. The number of nitrogens with zero attached hydrogens (tertiary/aromatic N) is 4. The van der Waals surface area contributed by atoms with Crippen LogP contribution in [0.25, 0.3) is 0 Å². The Morgan fingerprint density at radius 2 is 1.26 bits per heavy atom. The van der Waals surface area contributed by atoms with E-state index in [1.807, 2.05) is 41.3 Å². The Labute approximate surface area is 179 Å². The first-order chi connectivity index (χ1) is 15.0. The summed E-state index contributed by atoms with van der Waals surface area (Å²) in [6.07, 6.45) is 0. The van der Waals surface area contributed by atoms with Crippen molar-refractivity contribution >= 4 is 17.1 Å². The zero-order valence-electron chi connectivity index (χ0n) is 16.8. The number of piperazine rings is 1. The minimum atomic E-state index is -0.612. The van der Waals surface area contributed by atoms with Crippen molar-refractivity contribution in [1.29, 1.82) is 0 Å². The normalized spacial score (nSPS) is 14.5. The minimum absolute atomic E-state index is 0.0939. The van der Waals surface area contributed by atoms with Gasteiger partial charge in [-0.3, -0.25) is 25.1 Å². The highest BCUT2D eigenvalue weighted by molar-refractivity contribution is 5.67. The lowest BCUT2D eigenvalue weighted by Crippen LogP contribution is -2.48. The standard InChI is InChI=1S/C23H22N4O4/c28-26(29)20-11-12-21(22(17-20)27(30)31)24-13-15-25(16-14-24)23(18-7-3-1-4-8-18)19-9-5-2-6-10-19/h1-12,17,23H,13-16H2. The summed E-state index contributed by atoms with van der Waals surface area (Å²) < 4.78 is 0. The Bertz CT molecular complexity index is 1030. The summed E-state index contributed by atoms with van der Waals surface area (Å²) in [6, 6.07) is 24.5. The molecule has 3 aromatic rings. The molecular weight excluding hydrogens is 396 g/mol. The van der Waals surface area contributed by atoms with Crippen LogP contribution in [0.5, 0.6) is 0 Å². The van der Waals surface area contributed by atoms with E-state index in [0.29, 0.717) is 31.9 Å². The van der Waals surface area contributed by atoms with E-state index in [1.54, 1.807) is 0 Å². The third-order valence-electron chi connectivity index (χ3n) is 5.62. The Hall–Kier alpha value is -3.78. The largest absolute Gasteiger partial charge is 0.363 e. The van der Waals surface area contributed by atoms with E-state index in [-0.39, 0.29) is 17.4 Å². The van der Waals surface area contributed by atoms with Gasteiger partial charge in [-0.1, -0.05) is 60.7 Å². The smallest absolute Gasteiger partial charge is 0.299 e. The van der Waals surface area contributed by atoms with Crippen LogP contribution in [0.1, 0.15) is 17.2 Å². The van der Waals surface area contributed by atoms with Crippen molar-refractivity contribution < 1.29 is 9.85 Å². The highest BCUT2D eigenvalue weighted by atomic mass is 16.6. The van der Waals surface area contributed by atoms with Crippen LogP contribution in [0.2, 0.25) is 0 Å². The molecule has 1 fully saturated rings. The Morgan fingerprint density at radius 3 is 1.74 bits per heavy atom. The van der Waals surface area contributed by atoms with Gasteiger partial charge in [-0.2, -0.15) is 0 Å². The van der Waals surface area contributed by atoms with Crippen molar-refractivity contribution in [3.63, 3.8) is 0 Å². The lowest BCUT2D eigenvalue weighted by molar-refractivity contribution is -0.393. The summed E-state index contributed by atoms with van der Waals surface area (Å²) in [5.74, 6) is 0. The Balaban J connectivity index is 1.57. The Morgan fingerprint density at radius 1 is 0.710 bits per heavy atom. The first-order valence-corrected chi connectivity index (χ1v) is 10.1. The van der Waals surface area contributed by atoms with Gasteiger partial charge < -0.3 is 4.90 Å². The summed E-state index contributed by atoms with van der Waals surface area (Å²) in [4.78, 5) is 25.7. The molecule has 1 aliphatic heterocycles. The van der Waals surface area contributed by atoms with Crippen LogP contribution < -0.4 is 4.90 Å². The van der Waals surface area contributed by atoms with Gasteiger partial charge in [0.05, 0.1) is 22.0 Å². The van der Waals surface area contributed by atoms with Gasteiger partial charge in [0.1, 0.15) is 5.69 Å². The molecule has 0 radical (unpaired) electrons. The maximum atomic E-state index is 11.5. The third-order valence-corrected chi connectivity index (χ3v) is 5.62. The molecule has 1 aliphatic rings. The maximum Gasteiger partial charge on any atom is 0.299 e. The zero-order valence-corrected chi connectivity index (χ0v) is 16.8. The number of nitro groups is 2. The van der Waals surface area contributed by atoms with Crippen molar-refractivity contribution in [2.45, 2.75) is 6.04 Å². The predicted octanol–water partition coefficient (Wildman–Crippen LogP) is 4.41. The van der Waals surface area contributed by atoms with E-state index >= 15 is 0 Å². The minimum Gasteiger partial charge on any atom is -0.363 e. The topological polar surface area (TPSA) is 92.8 Å². The van der Waals surface area contributed by atoms with Crippen LogP contribution >= 0.6 is 0 Å². The molecule has 0 N–H and O–H groups in total.